The number of ether oxygens (including phenoxy) is 2. The second-order valence-corrected chi connectivity index (χ2v) is 18.7. The van der Waals surface area contributed by atoms with Gasteiger partial charge in [-0.1, -0.05) is 0 Å². The van der Waals surface area contributed by atoms with Crippen molar-refractivity contribution in [1.82, 2.24) is 0 Å². The Bertz CT molecular complexity index is 917. The number of rotatable bonds is 9. The second kappa shape index (κ2) is 15.5. The molecule has 0 saturated heterocycles. The van der Waals surface area contributed by atoms with E-state index >= 15 is 0 Å². The van der Waals surface area contributed by atoms with Gasteiger partial charge in [0, 0.05) is 14.2 Å². The van der Waals surface area contributed by atoms with Crippen molar-refractivity contribution < 1.29 is 23.1 Å². The quantitative estimate of drug-likeness (QED) is 0.210. The summed E-state index contributed by atoms with van der Waals surface area (Å²) < 4.78 is 19.3. The van der Waals surface area contributed by atoms with E-state index in [4.69, 9.17) is 25.8 Å². The molecule has 0 N–H and O–H groups in total. The van der Waals surface area contributed by atoms with E-state index in [1.807, 2.05) is 0 Å². The van der Waals surface area contributed by atoms with Crippen LogP contribution < -0.4 is 0 Å². The van der Waals surface area contributed by atoms with Gasteiger partial charge in [-0.2, -0.15) is 0 Å². The smallest absolute Gasteiger partial charge is 0.0696 e. The van der Waals surface area contributed by atoms with Gasteiger partial charge in [-0.3, -0.25) is 0 Å². The summed E-state index contributed by atoms with van der Waals surface area (Å²) in [5.41, 5.74) is 6.63. The van der Waals surface area contributed by atoms with Crippen molar-refractivity contribution in [2.45, 2.75) is 79.1 Å². The van der Waals surface area contributed by atoms with Crippen LogP contribution in [-0.2, 0) is 23.1 Å². The molecule has 4 nitrogen and oxygen atoms in total. The third-order valence-corrected chi connectivity index (χ3v) is 9.19. The maximum absolute atomic E-state index is 6.93. The Morgan fingerprint density at radius 1 is 0.600 bits per heavy atom. The van der Waals surface area contributed by atoms with E-state index in [1.54, 1.807) is 14.2 Å². The van der Waals surface area contributed by atoms with Crippen LogP contribution in [0.3, 0.4) is 0 Å². The molecule has 0 aliphatic heterocycles. The molecule has 0 aromatic heterocycles. The summed E-state index contributed by atoms with van der Waals surface area (Å²) in [6.07, 6.45) is 0. The molecule has 0 atom stereocenters. The van der Waals surface area contributed by atoms with Gasteiger partial charge in [-0.15, -0.1) is 0 Å². The Kier molecular flexibility index (Phi) is 14.3. The molecule has 198 valence electrons. The van der Waals surface area contributed by atoms with E-state index in [-0.39, 0.29) is 0 Å². The van der Waals surface area contributed by atoms with E-state index in [0.29, 0.717) is 36.9 Å². The van der Waals surface area contributed by atoms with Crippen LogP contribution in [0.4, 0.5) is 11.4 Å². The number of hydrogen-bond donors (Lipinski definition) is 0. The Hall–Kier alpha value is -0.772. The zero-order valence-electron chi connectivity index (χ0n) is 23.1. The van der Waals surface area contributed by atoms with Crippen LogP contribution in [0, 0.1) is 0 Å². The first kappa shape index (κ1) is 32.3. The number of methoxy groups -OCH3 is 2. The average Bonchev–Trinajstić information content (AvgIpc) is 2.77. The van der Waals surface area contributed by atoms with Crippen LogP contribution in [0.5, 0.6) is 0 Å². The van der Waals surface area contributed by atoms with Gasteiger partial charge in [0.1, 0.15) is 0 Å². The number of hydrogen-bond acceptors (Lipinski definition) is 4. The van der Waals surface area contributed by atoms with Crippen LogP contribution in [0.15, 0.2) is 43.4 Å². The molecule has 0 amide bonds. The third kappa shape index (κ3) is 10.2. The molecule has 0 unspecified atom stereocenters. The molecule has 0 spiro atoms. The number of benzene rings is 2. The summed E-state index contributed by atoms with van der Waals surface area (Å²) >= 11 is -3.93. The van der Waals surface area contributed by atoms with Gasteiger partial charge in [-0.05, 0) is 0 Å². The van der Waals surface area contributed by atoms with Gasteiger partial charge in [-0.25, -0.2) is 0 Å². The third-order valence-electron chi connectivity index (χ3n) is 5.58. The molecule has 0 aliphatic rings. The Morgan fingerprint density at radius 3 is 1.06 bits per heavy atom. The molecule has 2 rings (SSSR count). The predicted molar refractivity (Wildman–Crippen MR) is 149 cm³/mol. The van der Waals surface area contributed by atoms with E-state index in [1.165, 1.54) is 22.3 Å². The van der Waals surface area contributed by atoms with Gasteiger partial charge in [0.2, 0.25) is 0 Å². The predicted octanol–water partition coefficient (Wildman–Crippen LogP) is 10.3. The van der Waals surface area contributed by atoms with Gasteiger partial charge in [0.15, 0.2) is 0 Å². The molecular formula is C28H44Cl2MoN2O2. The summed E-state index contributed by atoms with van der Waals surface area (Å²) in [5.74, 6) is 1.37. The van der Waals surface area contributed by atoms with Crippen LogP contribution >= 0.6 is 18.8 Å². The summed E-state index contributed by atoms with van der Waals surface area (Å²) in [7, 11) is 17.2. The fourth-order valence-electron chi connectivity index (χ4n) is 3.64. The molecule has 0 bridgehead atoms. The summed E-state index contributed by atoms with van der Waals surface area (Å²) in [5, 5.41) is 0. The van der Waals surface area contributed by atoms with E-state index in [0.717, 1.165) is 11.4 Å². The SMILES string of the molecule is CC(C)c1cccc(C(C)C)c1[N]=[Mo]([Cl])([Cl])=[N]c1c(C(C)C)cccc1C(C)C.COCCOC. The second-order valence-electron chi connectivity index (χ2n) is 9.77. The van der Waals surface area contributed by atoms with Crippen molar-refractivity contribution in [2.75, 3.05) is 27.4 Å². The van der Waals surface area contributed by atoms with Crippen molar-refractivity contribution >= 4 is 30.2 Å². The first-order chi connectivity index (χ1) is 16.4. The summed E-state index contributed by atoms with van der Waals surface area (Å²) in [6, 6.07) is 12.7. The minimum absolute atomic E-state index is 0.341. The van der Waals surface area contributed by atoms with Crippen molar-refractivity contribution in [1.29, 1.82) is 0 Å². The van der Waals surface area contributed by atoms with Crippen molar-refractivity contribution in [3.63, 3.8) is 0 Å². The van der Waals surface area contributed by atoms with Crippen molar-refractivity contribution in [3.05, 3.63) is 58.7 Å². The molecule has 2 aromatic rings. The van der Waals surface area contributed by atoms with Crippen molar-refractivity contribution in [2.24, 2.45) is 6.99 Å². The fraction of sp³-hybridized carbons (Fsp3) is 0.571. The first-order valence-electron chi connectivity index (χ1n) is 12.3. The molecule has 0 fully saturated rings. The van der Waals surface area contributed by atoms with Crippen molar-refractivity contribution in [3.8, 4) is 0 Å². The molecule has 35 heavy (non-hydrogen) atoms. The van der Waals surface area contributed by atoms with Gasteiger partial charge in [0.25, 0.3) is 0 Å². The number of halogens is 2. The largest absolute Gasteiger partial charge is 0.382 e. The Labute approximate surface area is 224 Å². The Balaban J connectivity index is 0.000000905. The van der Waals surface area contributed by atoms with Gasteiger partial charge >= 0.3 is 189 Å². The first-order valence-corrected chi connectivity index (χ1v) is 19.2. The average molecular weight is 608 g/mol. The molecule has 2 aromatic carbocycles. The van der Waals surface area contributed by atoms with E-state index in [9.17, 15) is 0 Å². The zero-order valence-corrected chi connectivity index (χ0v) is 26.6. The molecule has 0 radical (unpaired) electrons. The van der Waals surface area contributed by atoms with E-state index < -0.39 is 13.6 Å². The van der Waals surface area contributed by atoms with Crippen LogP contribution in [-0.4, -0.2) is 27.4 Å². The van der Waals surface area contributed by atoms with Crippen LogP contribution in [0.1, 0.15) is 101 Å². The maximum Gasteiger partial charge on any atom is 0.0696 e. The van der Waals surface area contributed by atoms with Gasteiger partial charge in [0.05, 0.1) is 13.2 Å². The monoisotopic (exact) mass is 608 g/mol. The van der Waals surface area contributed by atoms with Crippen LogP contribution in [0.25, 0.3) is 0 Å². The molecule has 0 heterocycles. The summed E-state index contributed by atoms with van der Waals surface area (Å²) in [4.78, 5) is 0. The molecule has 7 heteroatoms. The molecular weight excluding hydrogens is 563 g/mol. The maximum atomic E-state index is 6.93. The van der Waals surface area contributed by atoms with Crippen LogP contribution in [0.2, 0.25) is 0 Å². The fourth-order valence-corrected chi connectivity index (χ4v) is 7.49. The minimum Gasteiger partial charge on any atom is -0.382 e. The Morgan fingerprint density at radius 2 is 0.857 bits per heavy atom. The topological polar surface area (TPSA) is 43.2 Å². The standard InChI is InChI=1S/2C12H17N.C4H10O2.2ClH.Mo/c2*1-8(2)10-6-5-7-11(9(3)4)12(10)13;1-5-3-4-6-2;;;/h2*5-9H,1-4H3;3-4H2,1-2H3;2*1H;/q;;;;;+2/p-2. The number of nitrogens with zero attached hydrogens (tertiary/aromatic N) is 2. The minimum atomic E-state index is -3.93. The summed E-state index contributed by atoms with van der Waals surface area (Å²) in [6.45, 7) is 18.8. The van der Waals surface area contributed by atoms with E-state index in [2.05, 4.69) is 101 Å². The molecule has 0 saturated carbocycles. The zero-order chi connectivity index (χ0) is 26.8. The van der Waals surface area contributed by atoms with Gasteiger partial charge < -0.3 is 9.47 Å². The molecule has 0 aliphatic carbocycles. The normalized spacial score (nSPS) is 11.8.